The van der Waals surface area contributed by atoms with Crippen LogP contribution in [-0.4, -0.2) is 61.0 Å². The number of hydrogen-bond acceptors (Lipinski definition) is 4. The van der Waals surface area contributed by atoms with Crippen LogP contribution in [0.1, 0.15) is 34.5 Å². The van der Waals surface area contributed by atoms with Crippen LogP contribution in [-0.2, 0) is 6.42 Å². The molecule has 1 aliphatic rings. The summed E-state index contributed by atoms with van der Waals surface area (Å²) in [7, 11) is 3.44. The van der Waals surface area contributed by atoms with E-state index in [-0.39, 0.29) is 11.7 Å². The first-order valence-corrected chi connectivity index (χ1v) is 9.45. The number of rotatable bonds is 7. The number of likely N-dealkylation sites (tertiary alicyclic amines) is 1. The van der Waals surface area contributed by atoms with Crippen LogP contribution in [0.2, 0.25) is 0 Å². The van der Waals surface area contributed by atoms with Crippen molar-refractivity contribution in [1.29, 1.82) is 0 Å². The van der Waals surface area contributed by atoms with Crippen molar-refractivity contribution in [3.63, 3.8) is 0 Å². The fraction of sp³-hybridized carbons (Fsp3) is 0.429. The molecule has 0 unspecified atom stereocenters. The first kappa shape index (κ1) is 19.3. The summed E-state index contributed by atoms with van der Waals surface area (Å²) in [6, 6.07) is 10.2. The fourth-order valence-electron chi connectivity index (χ4n) is 3.30. The van der Waals surface area contributed by atoms with Gasteiger partial charge in [0, 0.05) is 27.2 Å². The van der Waals surface area contributed by atoms with Gasteiger partial charge in [0.05, 0.1) is 0 Å². The van der Waals surface area contributed by atoms with E-state index in [0.29, 0.717) is 17.9 Å². The van der Waals surface area contributed by atoms with E-state index < -0.39 is 0 Å². The number of pyridine rings is 1. The number of halogens is 1. The maximum atomic E-state index is 13.1. The highest BCUT2D eigenvalue weighted by Gasteiger charge is 2.17. The van der Waals surface area contributed by atoms with Gasteiger partial charge in [0.25, 0.3) is 5.91 Å². The molecule has 3 rings (SSSR count). The molecular weight excluding hydrogens is 343 g/mol. The second kappa shape index (κ2) is 8.95. The lowest BCUT2D eigenvalue weighted by Crippen LogP contribution is -2.27. The van der Waals surface area contributed by atoms with Gasteiger partial charge in [-0.15, -0.1) is 0 Å². The number of amides is 1. The summed E-state index contributed by atoms with van der Waals surface area (Å²) in [5, 5.41) is 3.33. The van der Waals surface area contributed by atoms with Crippen molar-refractivity contribution in [2.45, 2.75) is 19.3 Å². The van der Waals surface area contributed by atoms with E-state index in [1.54, 1.807) is 26.2 Å². The molecule has 0 bridgehead atoms. The Balaban J connectivity index is 1.73. The lowest BCUT2D eigenvalue weighted by Gasteiger charge is -2.17. The fourth-order valence-corrected chi connectivity index (χ4v) is 3.30. The van der Waals surface area contributed by atoms with Crippen molar-refractivity contribution in [1.82, 2.24) is 14.8 Å². The number of nitrogens with zero attached hydrogens (tertiary/aromatic N) is 3. The van der Waals surface area contributed by atoms with Crippen LogP contribution >= 0.6 is 0 Å². The van der Waals surface area contributed by atoms with Crippen LogP contribution in [0.5, 0.6) is 0 Å². The van der Waals surface area contributed by atoms with E-state index in [9.17, 15) is 9.18 Å². The van der Waals surface area contributed by atoms with E-state index in [4.69, 9.17) is 0 Å². The van der Waals surface area contributed by atoms with E-state index in [1.165, 1.54) is 29.9 Å². The minimum atomic E-state index is -0.265. The smallest absolute Gasteiger partial charge is 0.272 e. The van der Waals surface area contributed by atoms with Gasteiger partial charge in [-0.05, 0) is 61.7 Å². The Morgan fingerprint density at radius 2 is 1.85 bits per heavy atom. The van der Waals surface area contributed by atoms with Crippen LogP contribution in [0.3, 0.4) is 0 Å². The molecule has 1 saturated heterocycles. The zero-order chi connectivity index (χ0) is 19.2. The maximum absolute atomic E-state index is 13.1. The Kier molecular flexibility index (Phi) is 6.40. The van der Waals surface area contributed by atoms with Gasteiger partial charge in [-0.3, -0.25) is 4.79 Å². The zero-order valence-corrected chi connectivity index (χ0v) is 16.0. The Morgan fingerprint density at radius 3 is 2.52 bits per heavy atom. The second-order valence-corrected chi connectivity index (χ2v) is 7.18. The summed E-state index contributed by atoms with van der Waals surface area (Å²) in [4.78, 5) is 21.2. The average molecular weight is 370 g/mol. The van der Waals surface area contributed by atoms with Crippen molar-refractivity contribution in [3.8, 4) is 0 Å². The average Bonchev–Trinajstić information content (AvgIpc) is 3.17. The summed E-state index contributed by atoms with van der Waals surface area (Å²) in [6.07, 6.45) is 3.09. The predicted molar refractivity (Wildman–Crippen MR) is 106 cm³/mol. The molecular formula is C21H27FN4O. The van der Waals surface area contributed by atoms with E-state index in [2.05, 4.69) is 15.2 Å². The first-order chi connectivity index (χ1) is 13.0. The second-order valence-electron chi connectivity index (χ2n) is 7.18. The van der Waals surface area contributed by atoms with Crippen LogP contribution in [0.25, 0.3) is 0 Å². The van der Waals surface area contributed by atoms with Gasteiger partial charge in [0.1, 0.15) is 17.3 Å². The number of nitrogens with one attached hydrogen (secondary N) is 1. The Labute approximate surface area is 160 Å². The predicted octanol–water partition coefficient (Wildman–Crippen LogP) is 3.02. The van der Waals surface area contributed by atoms with E-state index >= 15 is 0 Å². The highest BCUT2D eigenvalue weighted by atomic mass is 19.1. The number of carbonyl (C=O) groups excluding carboxylic acids is 1. The number of benzene rings is 1. The molecule has 144 valence electrons. The maximum Gasteiger partial charge on any atom is 0.272 e. The lowest BCUT2D eigenvalue weighted by atomic mass is 10.0. The standard InChI is InChI=1S/C21H27FN4O/c1-25(2)21(27)20-17(15-16-5-8-18(22)9-6-16)7-10-19(24-20)23-11-14-26-12-3-4-13-26/h5-10H,3-4,11-15H2,1-2H3,(H,23,24). The van der Waals surface area contributed by atoms with Gasteiger partial charge in [-0.25, -0.2) is 9.37 Å². The molecule has 0 spiro atoms. The van der Waals surface area contributed by atoms with Gasteiger partial charge in [-0.2, -0.15) is 0 Å². The van der Waals surface area contributed by atoms with Crippen LogP contribution in [0.4, 0.5) is 10.2 Å². The van der Waals surface area contributed by atoms with Gasteiger partial charge < -0.3 is 15.1 Å². The Bertz CT molecular complexity index is 770. The summed E-state index contributed by atoms with van der Waals surface area (Å²) in [5.41, 5.74) is 2.22. The Hall–Kier alpha value is -2.47. The summed E-state index contributed by atoms with van der Waals surface area (Å²) < 4.78 is 13.1. The van der Waals surface area contributed by atoms with E-state index in [1.807, 2.05) is 12.1 Å². The molecule has 27 heavy (non-hydrogen) atoms. The SMILES string of the molecule is CN(C)C(=O)c1nc(NCCN2CCCC2)ccc1Cc1ccc(F)cc1. The minimum absolute atomic E-state index is 0.129. The zero-order valence-electron chi connectivity index (χ0n) is 16.0. The molecule has 1 aliphatic heterocycles. The van der Waals surface area contributed by atoms with Gasteiger partial charge >= 0.3 is 0 Å². The largest absolute Gasteiger partial charge is 0.369 e. The lowest BCUT2D eigenvalue weighted by molar-refractivity contribution is 0.0821. The molecule has 2 aromatic rings. The number of hydrogen-bond donors (Lipinski definition) is 1. The quantitative estimate of drug-likeness (QED) is 0.814. The third kappa shape index (κ3) is 5.26. The molecule has 0 radical (unpaired) electrons. The van der Waals surface area contributed by atoms with Crippen LogP contribution in [0.15, 0.2) is 36.4 Å². The van der Waals surface area contributed by atoms with Gasteiger partial charge in [0.2, 0.25) is 0 Å². The molecule has 1 aromatic heterocycles. The minimum Gasteiger partial charge on any atom is -0.369 e. The molecule has 0 aliphatic carbocycles. The third-order valence-corrected chi connectivity index (χ3v) is 4.83. The van der Waals surface area contributed by atoms with Gasteiger partial charge in [0.15, 0.2) is 0 Å². The van der Waals surface area contributed by atoms with Crippen molar-refractivity contribution in [3.05, 3.63) is 59.0 Å². The van der Waals surface area contributed by atoms with Crippen molar-refractivity contribution < 1.29 is 9.18 Å². The summed E-state index contributed by atoms with van der Waals surface area (Å²) in [6.45, 7) is 4.11. The highest BCUT2D eigenvalue weighted by molar-refractivity contribution is 5.94. The van der Waals surface area contributed by atoms with Gasteiger partial charge in [-0.1, -0.05) is 18.2 Å². The molecule has 6 heteroatoms. The molecule has 2 heterocycles. The van der Waals surface area contributed by atoms with Crippen LogP contribution < -0.4 is 5.32 Å². The van der Waals surface area contributed by atoms with E-state index in [0.717, 1.165) is 37.3 Å². The molecule has 1 fully saturated rings. The molecule has 5 nitrogen and oxygen atoms in total. The molecule has 1 N–H and O–H groups in total. The molecule has 1 amide bonds. The topological polar surface area (TPSA) is 48.5 Å². The summed E-state index contributed by atoms with van der Waals surface area (Å²) in [5.74, 6) is 0.316. The number of carbonyl (C=O) groups is 1. The first-order valence-electron chi connectivity index (χ1n) is 9.45. The number of anilines is 1. The van der Waals surface area contributed by atoms with Crippen molar-refractivity contribution in [2.24, 2.45) is 0 Å². The molecule has 1 aromatic carbocycles. The number of aromatic nitrogens is 1. The summed E-state index contributed by atoms with van der Waals surface area (Å²) >= 11 is 0. The third-order valence-electron chi connectivity index (χ3n) is 4.83. The van der Waals surface area contributed by atoms with Crippen molar-refractivity contribution in [2.75, 3.05) is 45.6 Å². The normalized spacial score (nSPS) is 14.3. The Morgan fingerprint density at radius 1 is 1.15 bits per heavy atom. The molecule has 0 saturated carbocycles. The molecule has 0 atom stereocenters. The van der Waals surface area contributed by atoms with Crippen LogP contribution in [0, 0.1) is 5.82 Å². The monoisotopic (exact) mass is 370 g/mol. The highest BCUT2D eigenvalue weighted by Crippen LogP contribution is 2.18. The van der Waals surface area contributed by atoms with Crippen molar-refractivity contribution >= 4 is 11.7 Å².